The van der Waals surface area contributed by atoms with E-state index in [2.05, 4.69) is 41.4 Å². The second kappa shape index (κ2) is 7.52. The van der Waals surface area contributed by atoms with Crippen molar-refractivity contribution in [2.45, 2.75) is 30.8 Å². The molecule has 0 bridgehead atoms. The van der Waals surface area contributed by atoms with E-state index >= 15 is 0 Å². The molecule has 1 aromatic carbocycles. The molecule has 1 amide bonds. The van der Waals surface area contributed by atoms with Crippen molar-refractivity contribution in [3.63, 3.8) is 0 Å². The molecule has 0 saturated heterocycles. The van der Waals surface area contributed by atoms with Crippen LogP contribution in [0.1, 0.15) is 29.8 Å². The molecule has 0 N–H and O–H groups in total. The minimum Gasteiger partial charge on any atom is -0.349 e. The first-order valence-corrected chi connectivity index (χ1v) is 9.76. The van der Waals surface area contributed by atoms with E-state index in [4.69, 9.17) is 4.98 Å². The molecule has 1 heterocycles. The highest BCUT2D eigenvalue weighted by molar-refractivity contribution is 7.98. The minimum atomic E-state index is -0.113. The Morgan fingerprint density at radius 3 is 2.48 bits per heavy atom. The molecule has 132 valence electrons. The zero-order valence-electron chi connectivity index (χ0n) is 15.1. The summed E-state index contributed by atoms with van der Waals surface area (Å²) in [6.07, 6.45) is 3.35. The fourth-order valence-electron chi connectivity index (χ4n) is 3.61. The number of carbonyl (C=O) groups excluding carboxylic acids is 1. The highest BCUT2D eigenvalue weighted by atomic mass is 32.2. The second-order valence-electron chi connectivity index (χ2n) is 6.82. The van der Waals surface area contributed by atoms with Crippen LogP contribution in [-0.4, -0.2) is 46.3 Å². The maximum absolute atomic E-state index is 12.8. The molecule has 3 atom stereocenters. The van der Waals surface area contributed by atoms with E-state index in [1.54, 1.807) is 4.90 Å². The number of hydrogen-bond acceptors (Lipinski definition) is 5. The van der Waals surface area contributed by atoms with Gasteiger partial charge in [0.2, 0.25) is 11.1 Å². The first-order valence-electron chi connectivity index (χ1n) is 8.53. The molecule has 2 aromatic rings. The van der Waals surface area contributed by atoms with Crippen molar-refractivity contribution in [2.24, 2.45) is 11.8 Å². The van der Waals surface area contributed by atoms with Crippen molar-refractivity contribution in [3.8, 4) is 0 Å². The summed E-state index contributed by atoms with van der Waals surface area (Å²) in [5.41, 5.74) is 3.10. The number of benzene rings is 1. The Bertz CT molecular complexity index is 750. The van der Waals surface area contributed by atoms with Crippen LogP contribution in [0.15, 0.2) is 35.5 Å². The van der Waals surface area contributed by atoms with Crippen LogP contribution in [0, 0.1) is 11.8 Å². The molecule has 5 nitrogen and oxygen atoms in total. The predicted octanol–water partition coefficient (Wildman–Crippen LogP) is 2.82. The van der Waals surface area contributed by atoms with Crippen LogP contribution in [0.25, 0.3) is 0 Å². The van der Waals surface area contributed by atoms with Gasteiger partial charge in [-0.25, -0.2) is 4.98 Å². The number of thioether (sulfide) groups is 1. The second-order valence-corrected chi connectivity index (χ2v) is 7.59. The van der Waals surface area contributed by atoms with Gasteiger partial charge in [0.05, 0.1) is 11.4 Å². The lowest BCUT2D eigenvalue weighted by molar-refractivity contribution is -0.134. The maximum Gasteiger partial charge on any atom is 0.225 e. The van der Waals surface area contributed by atoms with Crippen LogP contribution in [-0.2, 0) is 17.6 Å². The van der Waals surface area contributed by atoms with Crippen LogP contribution in [0.2, 0.25) is 0 Å². The van der Waals surface area contributed by atoms with Gasteiger partial charge >= 0.3 is 0 Å². The maximum atomic E-state index is 12.8. The Hall–Kier alpha value is -1.95. The molecule has 6 heteroatoms. The third-order valence-corrected chi connectivity index (χ3v) is 5.62. The summed E-state index contributed by atoms with van der Waals surface area (Å²) >= 11 is 1.50. The van der Waals surface area contributed by atoms with E-state index in [1.165, 1.54) is 17.3 Å². The quantitative estimate of drug-likeness (QED) is 0.625. The van der Waals surface area contributed by atoms with Crippen LogP contribution < -0.4 is 0 Å². The molecule has 0 saturated carbocycles. The predicted molar refractivity (Wildman–Crippen MR) is 99.5 cm³/mol. The Morgan fingerprint density at radius 2 is 1.84 bits per heavy atom. The Labute approximate surface area is 153 Å². The van der Waals surface area contributed by atoms with Gasteiger partial charge in [-0.15, -0.1) is 5.10 Å². The average Bonchev–Trinajstić information content (AvgIpc) is 2.78. The number of carbonyl (C=O) groups is 1. The van der Waals surface area contributed by atoms with Crippen molar-refractivity contribution in [1.82, 2.24) is 20.1 Å². The summed E-state index contributed by atoms with van der Waals surface area (Å²) in [6, 6.07) is 10.4. The summed E-state index contributed by atoms with van der Waals surface area (Å²) in [5, 5.41) is 9.28. The standard InChI is InChI=1S/C19H24N4OS/c1-12-14(13-8-6-5-7-9-13)10-16-17(21-22-19(20-16)25-4)11-15(12)18(24)23(2)3/h5-9,12,14-15H,10-11H2,1-4H3/t12-,14+,15+/m1/s1. The first-order chi connectivity index (χ1) is 12.0. The van der Waals surface area contributed by atoms with Gasteiger partial charge in [-0.1, -0.05) is 49.0 Å². The molecular formula is C19H24N4OS. The highest BCUT2D eigenvalue weighted by Crippen LogP contribution is 2.38. The topological polar surface area (TPSA) is 59.0 Å². The van der Waals surface area contributed by atoms with Crippen LogP contribution in [0.4, 0.5) is 0 Å². The normalized spacial score (nSPS) is 22.8. The van der Waals surface area contributed by atoms with Gasteiger partial charge in [0, 0.05) is 26.4 Å². The molecule has 0 spiro atoms. The van der Waals surface area contributed by atoms with E-state index < -0.39 is 0 Å². The Morgan fingerprint density at radius 1 is 1.12 bits per heavy atom. The van der Waals surface area contributed by atoms with Crippen molar-refractivity contribution in [3.05, 3.63) is 47.3 Å². The third kappa shape index (κ3) is 3.68. The average molecular weight is 356 g/mol. The highest BCUT2D eigenvalue weighted by Gasteiger charge is 2.37. The Balaban J connectivity index is 2.06. The van der Waals surface area contributed by atoms with E-state index in [9.17, 15) is 4.79 Å². The number of fused-ring (bicyclic) bond motifs is 1. The lowest BCUT2D eigenvalue weighted by Gasteiger charge is -2.29. The molecule has 3 rings (SSSR count). The number of hydrogen-bond donors (Lipinski definition) is 0. The third-order valence-electron chi connectivity index (χ3n) is 5.08. The molecule has 0 unspecified atom stereocenters. The van der Waals surface area contributed by atoms with E-state index in [0.29, 0.717) is 11.6 Å². The largest absolute Gasteiger partial charge is 0.349 e. The van der Waals surface area contributed by atoms with Gasteiger partial charge < -0.3 is 4.90 Å². The number of nitrogens with zero attached hydrogens (tertiary/aromatic N) is 4. The zero-order chi connectivity index (χ0) is 18.0. The van der Waals surface area contributed by atoms with Crippen LogP contribution in [0.3, 0.4) is 0 Å². The smallest absolute Gasteiger partial charge is 0.225 e. The molecule has 0 radical (unpaired) electrons. The van der Waals surface area contributed by atoms with Crippen molar-refractivity contribution < 1.29 is 4.79 Å². The number of amides is 1. The van der Waals surface area contributed by atoms with Gasteiger partial charge in [-0.05, 0) is 30.1 Å². The number of rotatable bonds is 3. The minimum absolute atomic E-state index is 0.113. The van der Waals surface area contributed by atoms with Crippen LogP contribution in [0.5, 0.6) is 0 Å². The number of aromatic nitrogens is 3. The van der Waals surface area contributed by atoms with Gasteiger partial charge in [-0.2, -0.15) is 5.10 Å². The lowest BCUT2D eigenvalue weighted by Crippen LogP contribution is -2.36. The fraction of sp³-hybridized carbons (Fsp3) is 0.474. The van der Waals surface area contributed by atoms with E-state index in [0.717, 1.165) is 17.8 Å². The molecular weight excluding hydrogens is 332 g/mol. The molecule has 1 aromatic heterocycles. The SMILES string of the molecule is CSc1nnc2c(n1)C[C@H](c1ccccc1)[C@@H](C)[C@@H](C(=O)N(C)C)C2. The van der Waals surface area contributed by atoms with Gasteiger partial charge in [0.25, 0.3) is 0 Å². The van der Waals surface area contributed by atoms with Gasteiger partial charge in [0.15, 0.2) is 0 Å². The Kier molecular flexibility index (Phi) is 5.37. The first kappa shape index (κ1) is 17.9. The summed E-state index contributed by atoms with van der Waals surface area (Å²) in [6.45, 7) is 2.18. The van der Waals surface area contributed by atoms with Gasteiger partial charge in [-0.3, -0.25) is 4.79 Å². The molecule has 1 aliphatic carbocycles. The molecule has 25 heavy (non-hydrogen) atoms. The summed E-state index contributed by atoms with van der Waals surface area (Å²) < 4.78 is 0. The zero-order valence-corrected chi connectivity index (χ0v) is 16.0. The van der Waals surface area contributed by atoms with E-state index in [-0.39, 0.29) is 23.7 Å². The molecule has 0 fully saturated rings. The summed E-state index contributed by atoms with van der Waals surface area (Å²) in [7, 11) is 3.64. The summed E-state index contributed by atoms with van der Waals surface area (Å²) in [5.74, 6) is 0.475. The van der Waals surface area contributed by atoms with E-state index in [1.807, 2.05) is 26.4 Å². The van der Waals surface area contributed by atoms with Gasteiger partial charge in [0.1, 0.15) is 0 Å². The molecule has 1 aliphatic rings. The monoisotopic (exact) mass is 356 g/mol. The summed E-state index contributed by atoms with van der Waals surface area (Å²) in [4.78, 5) is 19.2. The van der Waals surface area contributed by atoms with Crippen molar-refractivity contribution >= 4 is 17.7 Å². The van der Waals surface area contributed by atoms with Crippen molar-refractivity contribution in [2.75, 3.05) is 20.4 Å². The van der Waals surface area contributed by atoms with Crippen molar-refractivity contribution in [1.29, 1.82) is 0 Å². The molecule has 0 aliphatic heterocycles. The van der Waals surface area contributed by atoms with Crippen LogP contribution >= 0.6 is 11.8 Å². The fourth-order valence-corrected chi connectivity index (χ4v) is 3.93. The lowest BCUT2D eigenvalue weighted by atomic mass is 9.77.